The molecule has 3 rings (SSSR count). The van der Waals surface area contributed by atoms with Crippen LogP contribution in [-0.2, 0) is 5.54 Å². The van der Waals surface area contributed by atoms with Crippen LogP contribution in [0.25, 0.3) is 0 Å². The first-order valence-corrected chi connectivity index (χ1v) is 5.03. The summed E-state index contributed by atoms with van der Waals surface area (Å²) in [4.78, 5) is 4.14. The van der Waals surface area contributed by atoms with Crippen molar-refractivity contribution < 1.29 is 0 Å². The Morgan fingerprint density at radius 1 is 1.38 bits per heavy atom. The highest BCUT2D eigenvalue weighted by atomic mass is 14.9. The van der Waals surface area contributed by atoms with E-state index in [0.29, 0.717) is 0 Å². The molecular weight excluding hydrogens is 160 g/mol. The molecule has 0 aromatic carbocycles. The molecule has 2 N–H and O–H groups in total. The lowest BCUT2D eigenvalue weighted by Crippen LogP contribution is -2.25. The van der Waals surface area contributed by atoms with Gasteiger partial charge < -0.3 is 5.73 Å². The molecule has 13 heavy (non-hydrogen) atoms. The van der Waals surface area contributed by atoms with Gasteiger partial charge in [0.1, 0.15) is 0 Å². The summed E-state index contributed by atoms with van der Waals surface area (Å²) >= 11 is 0. The number of pyridine rings is 1. The molecule has 1 aromatic heterocycles. The second kappa shape index (κ2) is 2.32. The Balaban J connectivity index is 1.95. The average Bonchev–Trinajstić information content (AvgIpc) is 2.62. The predicted octanol–water partition coefficient (Wildman–Crippen LogP) is 1.67. The molecule has 2 fully saturated rings. The van der Waals surface area contributed by atoms with Gasteiger partial charge in [0, 0.05) is 17.9 Å². The number of fused-ring (bicyclic) bond motifs is 1. The third-order valence-corrected chi connectivity index (χ3v) is 3.80. The molecule has 2 aliphatic rings. The second-order valence-electron chi connectivity index (χ2n) is 4.32. The summed E-state index contributed by atoms with van der Waals surface area (Å²) in [7, 11) is 0. The summed E-state index contributed by atoms with van der Waals surface area (Å²) in [6.07, 6.45) is 7.74. The molecule has 0 spiro atoms. The smallest absolute Gasteiger partial charge is 0.0489 e. The monoisotopic (exact) mass is 174 g/mol. The molecule has 0 radical (unpaired) electrons. The standard InChI is InChI=1S/C11H14N2/c12-11(8-3-2-6-13-7-8)9-4-1-5-10(9)11/h2-3,6-7,9-10H,1,4-5,12H2. The molecule has 2 atom stereocenters. The lowest BCUT2D eigenvalue weighted by Gasteiger charge is -2.14. The molecule has 0 saturated heterocycles. The summed E-state index contributed by atoms with van der Waals surface area (Å²) in [5, 5.41) is 0. The minimum Gasteiger partial charge on any atom is -0.321 e. The van der Waals surface area contributed by atoms with E-state index in [4.69, 9.17) is 5.73 Å². The van der Waals surface area contributed by atoms with E-state index < -0.39 is 0 Å². The van der Waals surface area contributed by atoms with E-state index in [1.807, 2.05) is 18.5 Å². The fraction of sp³-hybridized carbons (Fsp3) is 0.545. The molecule has 2 heteroatoms. The van der Waals surface area contributed by atoms with Crippen LogP contribution in [0.3, 0.4) is 0 Å². The van der Waals surface area contributed by atoms with Crippen LogP contribution in [0.1, 0.15) is 24.8 Å². The Morgan fingerprint density at radius 2 is 2.15 bits per heavy atom. The highest BCUT2D eigenvalue weighted by Crippen LogP contribution is 2.64. The molecule has 0 amide bonds. The topological polar surface area (TPSA) is 38.9 Å². The van der Waals surface area contributed by atoms with E-state index in [1.54, 1.807) is 0 Å². The fourth-order valence-corrected chi connectivity index (χ4v) is 3.05. The van der Waals surface area contributed by atoms with E-state index in [2.05, 4.69) is 11.1 Å². The summed E-state index contributed by atoms with van der Waals surface area (Å²) in [5.74, 6) is 1.49. The third kappa shape index (κ3) is 0.841. The van der Waals surface area contributed by atoms with E-state index in [0.717, 1.165) is 11.8 Å². The van der Waals surface area contributed by atoms with Gasteiger partial charge in [-0.3, -0.25) is 4.98 Å². The van der Waals surface area contributed by atoms with Gasteiger partial charge in [0.05, 0.1) is 0 Å². The van der Waals surface area contributed by atoms with Gasteiger partial charge in [-0.15, -0.1) is 0 Å². The van der Waals surface area contributed by atoms with Crippen molar-refractivity contribution in [1.29, 1.82) is 0 Å². The maximum Gasteiger partial charge on any atom is 0.0489 e. The van der Waals surface area contributed by atoms with Crippen LogP contribution in [0, 0.1) is 11.8 Å². The molecular formula is C11H14N2. The molecule has 1 heterocycles. The Bertz CT molecular complexity index is 310. The zero-order valence-corrected chi connectivity index (χ0v) is 7.61. The van der Waals surface area contributed by atoms with E-state index in [9.17, 15) is 0 Å². The highest BCUT2D eigenvalue weighted by Gasteiger charge is 2.64. The Labute approximate surface area is 78.2 Å². The molecule has 1 aromatic rings. The first-order chi connectivity index (χ1) is 6.33. The largest absolute Gasteiger partial charge is 0.321 e. The van der Waals surface area contributed by atoms with Gasteiger partial charge in [0.25, 0.3) is 0 Å². The normalized spacial score (nSPS) is 41.6. The second-order valence-corrected chi connectivity index (χ2v) is 4.32. The van der Waals surface area contributed by atoms with Gasteiger partial charge in [-0.1, -0.05) is 12.5 Å². The van der Waals surface area contributed by atoms with Gasteiger partial charge in [0.2, 0.25) is 0 Å². The van der Waals surface area contributed by atoms with Crippen molar-refractivity contribution in [2.45, 2.75) is 24.8 Å². The molecule has 2 nitrogen and oxygen atoms in total. The zero-order valence-electron chi connectivity index (χ0n) is 7.61. The van der Waals surface area contributed by atoms with Gasteiger partial charge in [-0.25, -0.2) is 0 Å². The van der Waals surface area contributed by atoms with Crippen molar-refractivity contribution in [2.75, 3.05) is 0 Å². The maximum atomic E-state index is 6.38. The first-order valence-electron chi connectivity index (χ1n) is 5.03. The lowest BCUT2D eigenvalue weighted by molar-refractivity contribution is 0.525. The number of nitrogens with two attached hydrogens (primary N) is 1. The Morgan fingerprint density at radius 3 is 2.77 bits per heavy atom. The van der Waals surface area contributed by atoms with Crippen LogP contribution in [0.5, 0.6) is 0 Å². The van der Waals surface area contributed by atoms with E-state index >= 15 is 0 Å². The van der Waals surface area contributed by atoms with Crippen molar-refractivity contribution in [3.63, 3.8) is 0 Å². The van der Waals surface area contributed by atoms with Crippen LogP contribution in [-0.4, -0.2) is 4.98 Å². The van der Waals surface area contributed by atoms with Crippen LogP contribution >= 0.6 is 0 Å². The Hall–Kier alpha value is -0.890. The van der Waals surface area contributed by atoms with Gasteiger partial charge in [-0.2, -0.15) is 0 Å². The van der Waals surface area contributed by atoms with Crippen molar-refractivity contribution >= 4 is 0 Å². The highest BCUT2D eigenvalue weighted by molar-refractivity contribution is 5.33. The molecule has 2 saturated carbocycles. The van der Waals surface area contributed by atoms with Crippen LogP contribution in [0.4, 0.5) is 0 Å². The van der Waals surface area contributed by atoms with Gasteiger partial charge in [-0.05, 0) is 36.3 Å². The number of rotatable bonds is 1. The Kier molecular flexibility index (Phi) is 1.34. The number of hydrogen-bond donors (Lipinski definition) is 1. The molecule has 68 valence electrons. The third-order valence-electron chi connectivity index (χ3n) is 3.80. The van der Waals surface area contributed by atoms with Crippen LogP contribution < -0.4 is 5.73 Å². The van der Waals surface area contributed by atoms with Gasteiger partial charge in [0.15, 0.2) is 0 Å². The van der Waals surface area contributed by atoms with Crippen molar-refractivity contribution in [2.24, 2.45) is 17.6 Å². The molecule has 2 unspecified atom stereocenters. The minimum atomic E-state index is -0.00743. The SMILES string of the molecule is NC1(c2cccnc2)C2CCCC21. The van der Waals surface area contributed by atoms with Crippen molar-refractivity contribution in [1.82, 2.24) is 4.98 Å². The minimum absolute atomic E-state index is 0.00743. The van der Waals surface area contributed by atoms with Crippen LogP contribution in [0.2, 0.25) is 0 Å². The average molecular weight is 174 g/mol. The lowest BCUT2D eigenvalue weighted by atomic mass is 9.99. The van der Waals surface area contributed by atoms with Gasteiger partial charge >= 0.3 is 0 Å². The summed E-state index contributed by atoms with van der Waals surface area (Å²) in [6, 6.07) is 4.10. The molecule has 0 bridgehead atoms. The van der Waals surface area contributed by atoms with Crippen molar-refractivity contribution in [3.05, 3.63) is 30.1 Å². The quantitative estimate of drug-likeness (QED) is 0.703. The number of hydrogen-bond acceptors (Lipinski definition) is 2. The maximum absolute atomic E-state index is 6.38. The fourth-order valence-electron chi connectivity index (χ4n) is 3.05. The summed E-state index contributed by atoms with van der Waals surface area (Å²) in [6.45, 7) is 0. The number of nitrogens with zero attached hydrogens (tertiary/aromatic N) is 1. The van der Waals surface area contributed by atoms with E-state index in [-0.39, 0.29) is 5.54 Å². The first kappa shape index (κ1) is 7.51. The summed E-state index contributed by atoms with van der Waals surface area (Å²) in [5.41, 5.74) is 7.61. The molecule has 2 aliphatic carbocycles. The molecule has 0 aliphatic heterocycles. The summed E-state index contributed by atoms with van der Waals surface area (Å²) < 4.78 is 0. The zero-order chi connectivity index (χ0) is 8.89. The number of aromatic nitrogens is 1. The van der Waals surface area contributed by atoms with Crippen LogP contribution in [0.15, 0.2) is 24.5 Å². The van der Waals surface area contributed by atoms with E-state index in [1.165, 1.54) is 24.8 Å². The van der Waals surface area contributed by atoms with Crippen molar-refractivity contribution in [3.8, 4) is 0 Å². The predicted molar refractivity (Wildman–Crippen MR) is 50.9 cm³/mol.